The second-order valence-electron chi connectivity index (χ2n) is 6.60. The van der Waals surface area contributed by atoms with Gasteiger partial charge in [0.15, 0.2) is 0 Å². The molecule has 0 unspecified atom stereocenters. The van der Waals surface area contributed by atoms with E-state index in [0.717, 1.165) is 32.5 Å². The molecular formula is C17H25N5OS. The van der Waals surface area contributed by atoms with E-state index in [1.165, 1.54) is 9.88 Å². The Kier molecular flexibility index (Phi) is 5.30. The van der Waals surface area contributed by atoms with Gasteiger partial charge in [-0.1, -0.05) is 13.8 Å². The number of rotatable bonds is 5. The summed E-state index contributed by atoms with van der Waals surface area (Å²) in [6.07, 6.45) is 6.16. The molecule has 1 fully saturated rings. The number of carbonyl (C=O) groups excluding carboxylic acids is 1. The zero-order valence-corrected chi connectivity index (χ0v) is 15.3. The first kappa shape index (κ1) is 17.1. The van der Waals surface area contributed by atoms with Crippen molar-refractivity contribution in [1.82, 2.24) is 25.0 Å². The highest BCUT2D eigenvalue weighted by atomic mass is 32.1. The lowest BCUT2D eigenvalue weighted by molar-refractivity contribution is 0.0955. The van der Waals surface area contributed by atoms with Crippen molar-refractivity contribution in [3.05, 3.63) is 34.0 Å². The van der Waals surface area contributed by atoms with Crippen LogP contribution in [0.25, 0.3) is 0 Å². The number of aromatic nitrogens is 3. The SMILES string of the molecule is CNC(=O)c1ccn([C@H]2CCCN(Cc3ncc(C(C)C)s3)C2)n1. The third-order valence-corrected chi connectivity index (χ3v) is 5.70. The molecule has 0 spiro atoms. The van der Waals surface area contributed by atoms with Crippen LogP contribution in [0.3, 0.4) is 0 Å². The van der Waals surface area contributed by atoms with Gasteiger partial charge in [0.05, 0.1) is 12.6 Å². The minimum Gasteiger partial charge on any atom is -0.354 e. The van der Waals surface area contributed by atoms with Crippen molar-refractivity contribution >= 4 is 17.2 Å². The van der Waals surface area contributed by atoms with Crippen molar-refractivity contribution in [1.29, 1.82) is 0 Å². The number of likely N-dealkylation sites (tertiary alicyclic amines) is 1. The van der Waals surface area contributed by atoms with Crippen LogP contribution in [0.5, 0.6) is 0 Å². The second kappa shape index (κ2) is 7.44. The van der Waals surface area contributed by atoms with Crippen LogP contribution in [0.2, 0.25) is 0 Å². The Bertz CT molecular complexity index is 693. The third kappa shape index (κ3) is 3.84. The number of hydrogen-bond donors (Lipinski definition) is 1. The molecule has 6 nitrogen and oxygen atoms in total. The Morgan fingerprint density at radius 1 is 1.50 bits per heavy atom. The minimum atomic E-state index is -0.134. The van der Waals surface area contributed by atoms with Crippen LogP contribution in [0, 0.1) is 0 Å². The molecule has 0 aromatic carbocycles. The smallest absolute Gasteiger partial charge is 0.271 e. The first-order chi connectivity index (χ1) is 11.6. The van der Waals surface area contributed by atoms with Crippen LogP contribution in [0.1, 0.15) is 59.0 Å². The van der Waals surface area contributed by atoms with Gasteiger partial charge < -0.3 is 5.32 Å². The number of thiazole rings is 1. The van der Waals surface area contributed by atoms with E-state index in [0.29, 0.717) is 17.7 Å². The molecule has 1 saturated heterocycles. The lowest BCUT2D eigenvalue weighted by Gasteiger charge is -2.32. The summed E-state index contributed by atoms with van der Waals surface area (Å²) in [6.45, 7) is 7.35. The molecule has 0 aliphatic carbocycles. The number of piperidine rings is 1. The maximum Gasteiger partial charge on any atom is 0.271 e. The Labute approximate surface area is 146 Å². The van der Waals surface area contributed by atoms with E-state index in [-0.39, 0.29) is 5.91 Å². The van der Waals surface area contributed by atoms with E-state index >= 15 is 0 Å². The van der Waals surface area contributed by atoms with Crippen LogP contribution < -0.4 is 5.32 Å². The van der Waals surface area contributed by atoms with Crippen LogP contribution >= 0.6 is 11.3 Å². The van der Waals surface area contributed by atoms with Crippen LogP contribution in [-0.4, -0.2) is 45.7 Å². The first-order valence-corrected chi connectivity index (χ1v) is 9.32. The summed E-state index contributed by atoms with van der Waals surface area (Å²) in [5.74, 6) is 0.406. The first-order valence-electron chi connectivity index (χ1n) is 8.51. The maximum absolute atomic E-state index is 11.7. The van der Waals surface area contributed by atoms with Crippen molar-refractivity contribution in [2.24, 2.45) is 0 Å². The number of carbonyl (C=O) groups is 1. The van der Waals surface area contributed by atoms with Crippen LogP contribution in [0.4, 0.5) is 0 Å². The van der Waals surface area contributed by atoms with Gasteiger partial charge in [-0.3, -0.25) is 14.4 Å². The van der Waals surface area contributed by atoms with Gasteiger partial charge in [0.25, 0.3) is 5.91 Å². The summed E-state index contributed by atoms with van der Waals surface area (Å²) in [5.41, 5.74) is 0.483. The van der Waals surface area contributed by atoms with E-state index in [1.54, 1.807) is 13.1 Å². The van der Waals surface area contributed by atoms with Gasteiger partial charge in [-0.15, -0.1) is 11.3 Å². The molecule has 3 heterocycles. The second-order valence-corrected chi connectivity index (χ2v) is 7.75. The summed E-state index contributed by atoms with van der Waals surface area (Å²) in [4.78, 5) is 20.0. The molecular weight excluding hydrogens is 322 g/mol. The quantitative estimate of drug-likeness (QED) is 0.903. The highest BCUT2D eigenvalue weighted by Crippen LogP contribution is 2.26. The largest absolute Gasteiger partial charge is 0.354 e. The normalized spacial score (nSPS) is 18.9. The monoisotopic (exact) mass is 347 g/mol. The van der Waals surface area contributed by atoms with Gasteiger partial charge in [-0.25, -0.2) is 4.98 Å². The number of hydrogen-bond acceptors (Lipinski definition) is 5. The highest BCUT2D eigenvalue weighted by molar-refractivity contribution is 7.11. The zero-order valence-electron chi connectivity index (χ0n) is 14.5. The van der Waals surface area contributed by atoms with Crippen LogP contribution in [0.15, 0.2) is 18.5 Å². The molecule has 2 aromatic heterocycles. The predicted molar refractivity (Wildman–Crippen MR) is 95.4 cm³/mol. The number of amides is 1. The molecule has 24 heavy (non-hydrogen) atoms. The lowest BCUT2D eigenvalue weighted by atomic mass is 10.1. The number of nitrogens with one attached hydrogen (secondary N) is 1. The molecule has 2 aromatic rings. The van der Waals surface area contributed by atoms with E-state index in [2.05, 4.69) is 34.1 Å². The summed E-state index contributed by atoms with van der Waals surface area (Å²) in [6, 6.07) is 2.11. The zero-order chi connectivity index (χ0) is 17.1. The molecule has 1 aliphatic rings. The van der Waals surface area contributed by atoms with E-state index in [1.807, 2.05) is 28.4 Å². The Balaban J connectivity index is 1.63. The third-order valence-electron chi connectivity index (χ3n) is 4.42. The van der Waals surface area contributed by atoms with Gasteiger partial charge in [0, 0.05) is 30.9 Å². The predicted octanol–water partition coefficient (Wildman–Crippen LogP) is 2.66. The summed E-state index contributed by atoms with van der Waals surface area (Å²) in [7, 11) is 1.63. The van der Waals surface area contributed by atoms with Gasteiger partial charge in [-0.2, -0.15) is 5.10 Å². The lowest BCUT2D eigenvalue weighted by Crippen LogP contribution is -2.36. The average molecular weight is 347 g/mol. The average Bonchev–Trinajstić information content (AvgIpc) is 3.24. The summed E-state index contributed by atoms with van der Waals surface area (Å²) >= 11 is 1.81. The molecule has 1 aliphatic heterocycles. The fourth-order valence-corrected chi connectivity index (χ4v) is 4.00. The highest BCUT2D eigenvalue weighted by Gasteiger charge is 2.23. The summed E-state index contributed by atoms with van der Waals surface area (Å²) < 4.78 is 1.94. The van der Waals surface area contributed by atoms with Crippen molar-refractivity contribution in [3.63, 3.8) is 0 Å². The Hall–Kier alpha value is -1.73. The molecule has 0 saturated carbocycles. The fourth-order valence-electron chi connectivity index (χ4n) is 3.04. The minimum absolute atomic E-state index is 0.134. The van der Waals surface area contributed by atoms with Crippen molar-refractivity contribution in [3.8, 4) is 0 Å². The molecule has 7 heteroatoms. The van der Waals surface area contributed by atoms with Crippen molar-refractivity contribution in [2.75, 3.05) is 20.1 Å². The van der Waals surface area contributed by atoms with Crippen molar-refractivity contribution in [2.45, 2.75) is 45.2 Å². The molecule has 0 radical (unpaired) electrons. The molecule has 1 amide bonds. The molecule has 3 rings (SSSR count). The molecule has 130 valence electrons. The topological polar surface area (TPSA) is 63.1 Å². The maximum atomic E-state index is 11.7. The van der Waals surface area contributed by atoms with Crippen molar-refractivity contribution < 1.29 is 4.79 Å². The van der Waals surface area contributed by atoms with E-state index in [9.17, 15) is 4.79 Å². The standard InChI is InChI=1S/C17H25N5OS/c1-12(2)15-9-19-16(24-15)11-21-7-4-5-13(10-21)22-8-6-14(20-22)17(23)18-3/h6,8-9,12-13H,4-5,7,10-11H2,1-3H3,(H,18,23)/t13-/m0/s1. The fraction of sp³-hybridized carbons (Fsp3) is 0.588. The Morgan fingerprint density at radius 2 is 2.33 bits per heavy atom. The Morgan fingerprint density at radius 3 is 3.04 bits per heavy atom. The van der Waals surface area contributed by atoms with Gasteiger partial charge >= 0.3 is 0 Å². The van der Waals surface area contributed by atoms with Crippen LogP contribution in [-0.2, 0) is 6.54 Å². The van der Waals surface area contributed by atoms with Gasteiger partial charge in [0.2, 0.25) is 0 Å². The van der Waals surface area contributed by atoms with E-state index < -0.39 is 0 Å². The molecule has 1 N–H and O–H groups in total. The molecule has 0 bridgehead atoms. The van der Waals surface area contributed by atoms with Gasteiger partial charge in [0.1, 0.15) is 10.7 Å². The van der Waals surface area contributed by atoms with E-state index in [4.69, 9.17) is 0 Å². The number of nitrogens with zero attached hydrogens (tertiary/aromatic N) is 4. The summed E-state index contributed by atoms with van der Waals surface area (Å²) in [5, 5.41) is 8.24. The molecule has 1 atom stereocenters. The van der Waals surface area contributed by atoms with Gasteiger partial charge in [-0.05, 0) is 31.4 Å².